The molecule has 0 spiro atoms. The molecule has 1 unspecified atom stereocenters. The van der Waals surface area contributed by atoms with Crippen molar-refractivity contribution >= 4 is 10.0 Å². The summed E-state index contributed by atoms with van der Waals surface area (Å²) in [7, 11) is -3.22. The van der Waals surface area contributed by atoms with E-state index in [4.69, 9.17) is 0 Å². The zero-order chi connectivity index (χ0) is 16.3. The van der Waals surface area contributed by atoms with Gasteiger partial charge in [0.1, 0.15) is 6.54 Å². The Balaban J connectivity index is 2.95. The third-order valence-corrected chi connectivity index (χ3v) is 4.82. The second kappa shape index (κ2) is 6.76. The highest BCUT2D eigenvalue weighted by Crippen LogP contribution is 2.22. The molecule has 1 aromatic carbocycles. The number of nitrogens with zero attached hydrogens (tertiary/aromatic N) is 1. The Bertz CT molecular complexity index is 556. The monoisotopic (exact) mass is 324 g/mol. The fourth-order valence-electron chi connectivity index (χ4n) is 1.87. The van der Waals surface area contributed by atoms with Crippen LogP contribution in [0.2, 0.25) is 0 Å². The van der Waals surface area contributed by atoms with Crippen molar-refractivity contribution in [1.29, 1.82) is 0 Å². The maximum atomic E-state index is 12.3. The minimum atomic E-state index is -4.57. The maximum absolute atomic E-state index is 12.3. The van der Waals surface area contributed by atoms with Crippen LogP contribution < -0.4 is 5.32 Å². The lowest BCUT2D eigenvalue weighted by Gasteiger charge is -2.19. The van der Waals surface area contributed by atoms with E-state index in [1.54, 1.807) is 12.1 Å². The van der Waals surface area contributed by atoms with Crippen LogP contribution in [0.1, 0.15) is 25.5 Å². The molecule has 1 N–H and O–H groups in total. The second-order valence-electron chi connectivity index (χ2n) is 4.72. The summed E-state index contributed by atoms with van der Waals surface area (Å²) in [6, 6.07) is 5.89. The second-order valence-corrected chi connectivity index (χ2v) is 6.77. The number of nitrogens with one attached hydrogen (secondary N) is 1. The first kappa shape index (κ1) is 17.9. The molecule has 0 aliphatic carbocycles. The molecular formula is C13H19F3N2O2S. The zero-order valence-corrected chi connectivity index (χ0v) is 12.9. The van der Waals surface area contributed by atoms with Crippen LogP contribution in [0.25, 0.3) is 0 Å². The normalized spacial score (nSPS) is 14.4. The molecule has 0 aliphatic heterocycles. The van der Waals surface area contributed by atoms with Gasteiger partial charge in [0.15, 0.2) is 0 Å². The van der Waals surface area contributed by atoms with Crippen LogP contribution in [0.4, 0.5) is 13.2 Å². The highest BCUT2D eigenvalue weighted by Gasteiger charge is 2.34. The first-order valence-electron chi connectivity index (χ1n) is 6.44. The molecule has 1 aromatic rings. The smallest absolute Gasteiger partial charge is 0.310 e. The molecule has 1 atom stereocenters. The van der Waals surface area contributed by atoms with Crippen molar-refractivity contribution in [3.63, 3.8) is 0 Å². The molecule has 0 saturated heterocycles. The zero-order valence-electron chi connectivity index (χ0n) is 12.1. The van der Waals surface area contributed by atoms with E-state index in [2.05, 4.69) is 5.32 Å². The van der Waals surface area contributed by atoms with Crippen molar-refractivity contribution in [2.24, 2.45) is 0 Å². The van der Waals surface area contributed by atoms with Crippen LogP contribution in [-0.4, -0.2) is 39.0 Å². The van der Waals surface area contributed by atoms with Crippen LogP contribution in [0, 0.1) is 0 Å². The van der Waals surface area contributed by atoms with Gasteiger partial charge in [-0.25, -0.2) is 8.42 Å². The van der Waals surface area contributed by atoms with E-state index in [9.17, 15) is 21.6 Å². The molecule has 4 nitrogen and oxygen atoms in total. The van der Waals surface area contributed by atoms with Gasteiger partial charge in [-0.1, -0.05) is 19.1 Å². The Hall–Kier alpha value is -1.12. The van der Waals surface area contributed by atoms with E-state index >= 15 is 0 Å². The van der Waals surface area contributed by atoms with Crippen molar-refractivity contribution in [2.45, 2.75) is 31.0 Å². The molecule has 1 rings (SSSR count). The van der Waals surface area contributed by atoms with Gasteiger partial charge in [0.05, 0.1) is 4.90 Å². The number of sulfonamides is 1. The van der Waals surface area contributed by atoms with Gasteiger partial charge >= 0.3 is 6.18 Å². The first-order chi connectivity index (χ1) is 9.58. The molecule has 8 heteroatoms. The topological polar surface area (TPSA) is 49.4 Å². The van der Waals surface area contributed by atoms with E-state index in [-0.39, 0.29) is 10.9 Å². The molecule has 0 amide bonds. The lowest BCUT2D eigenvalue weighted by Crippen LogP contribution is -2.35. The van der Waals surface area contributed by atoms with Crippen LogP contribution in [-0.2, 0) is 10.0 Å². The molecular weight excluding hydrogens is 305 g/mol. The van der Waals surface area contributed by atoms with E-state index in [0.29, 0.717) is 4.31 Å². The average molecular weight is 324 g/mol. The van der Waals surface area contributed by atoms with Crippen LogP contribution in [0.15, 0.2) is 29.2 Å². The highest BCUT2D eigenvalue weighted by atomic mass is 32.2. The predicted octanol–water partition coefficient (Wildman–Crippen LogP) is 2.54. The van der Waals surface area contributed by atoms with E-state index in [0.717, 1.165) is 19.2 Å². The van der Waals surface area contributed by atoms with Crippen molar-refractivity contribution in [3.05, 3.63) is 29.8 Å². The number of hydrogen-bond acceptors (Lipinski definition) is 3. The van der Waals surface area contributed by atoms with Crippen molar-refractivity contribution in [3.8, 4) is 0 Å². The van der Waals surface area contributed by atoms with Crippen molar-refractivity contribution < 1.29 is 21.6 Å². The number of benzene rings is 1. The van der Waals surface area contributed by atoms with Crippen molar-refractivity contribution in [2.75, 3.05) is 20.1 Å². The Labute approximate surface area is 123 Å². The van der Waals surface area contributed by atoms with Gasteiger partial charge in [-0.2, -0.15) is 17.5 Å². The van der Waals surface area contributed by atoms with Gasteiger partial charge < -0.3 is 5.32 Å². The quantitative estimate of drug-likeness (QED) is 0.875. The summed E-state index contributed by atoms with van der Waals surface area (Å²) in [6.45, 7) is 3.12. The Morgan fingerprint density at radius 3 is 2.19 bits per heavy atom. The first-order valence-corrected chi connectivity index (χ1v) is 7.88. The van der Waals surface area contributed by atoms with Gasteiger partial charge in [-0.05, 0) is 31.2 Å². The SMILES string of the molecule is CCNC(C)c1ccc(S(=O)(=O)N(C)CC(F)(F)F)cc1. The molecule has 0 aliphatic rings. The molecule has 0 aromatic heterocycles. The Morgan fingerprint density at radius 2 is 1.76 bits per heavy atom. The summed E-state index contributed by atoms with van der Waals surface area (Å²) < 4.78 is 61.2. The van der Waals surface area contributed by atoms with Crippen molar-refractivity contribution in [1.82, 2.24) is 9.62 Å². The van der Waals surface area contributed by atoms with Gasteiger partial charge in [0.25, 0.3) is 0 Å². The summed E-state index contributed by atoms with van der Waals surface area (Å²) >= 11 is 0. The minimum Gasteiger partial charge on any atom is -0.310 e. The highest BCUT2D eigenvalue weighted by molar-refractivity contribution is 7.89. The fourth-order valence-corrected chi connectivity index (χ4v) is 3.03. The minimum absolute atomic E-state index is 0.0414. The lowest BCUT2D eigenvalue weighted by molar-refractivity contribution is -0.134. The van der Waals surface area contributed by atoms with E-state index in [1.807, 2.05) is 13.8 Å². The van der Waals surface area contributed by atoms with Crippen LogP contribution in [0.5, 0.6) is 0 Å². The summed E-state index contributed by atoms with van der Waals surface area (Å²) in [4.78, 5) is -0.151. The lowest BCUT2D eigenvalue weighted by atomic mass is 10.1. The predicted molar refractivity (Wildman–Crippen MR) is 74.4 cm³/mol. The van der Waals surface area contributed by atoms with Gasteiger partial charge in [-0.15, -0.1) is 0 Å². The van der Waals surface area contributed by atoms with Gasteiger partial charge in [0.2, 0.25) is 10.0 Å². The van der Waals surface area contributed by atoms with Crippen LogP contribution >= 0.6 is 0 Å². The van der Waals surface area contributed by atoms with Crippen LogP contribution in [0.3, 0.4) is 0 Å². The number of hydrogen-bond donors (Lipinski definition) is 1. The summed E-state index contributed by atoms with van der Waals surface area (Å²) in [5.41, 5.74) is 0.870. The standard InChI is InChI=1S/C13H19F3N2O2S/c1-4-17-10(2)11-5-7-12(8-6-11)21(19,20)18(3)9-13(14,15)16/h5-8,10,17H,4,9H2,1-3H3. The maximum Gasteiger partial charge on any atom is 0.402 e. The van der Waals surface area contributed by atoms with E-state index < -0.39 is 22.7 Å². The van der Waals surface area contributed by atoms with Gasteiger partial charge in [-0.3, -0.25) is 0 Å². The van der Waals surface area contributed by atoms with Gasteiger partial charge in [0, 0.05) is 13.1 Å². The third-order valence-electron chi connectivity index (χ3n) is 3.00. The van der Waals surface area contributed by atoms with E-state index in [1.165, 1.54) is 12.1 Å². The molecule has 120 valence electrons. The molecule has 0 heterocycles. The average Bonchev–Trinajstić information content (AvgIpc) is 2.37. The Morgan fingerprint density at radius 1 is 1.24 bits per heavy atom. The number of halogens is 3. The third kappa shape index (κ3) is 4.98. The Kier molecular flexibility index (Phi) is 5.77. The molecule has 0 saturated carbocycles. The number of alkyl halides is 3. The molecule has 21 heavy (non-hydrogen) atoms. The summed E-state index contributed by atoms with van der Waals surface area (Å²) in [6.07, 6.45) is -4.57. The molecule has 0 bridgehead atoms. The summed E-state index contributed by atoms with van der Waals surface area (Å²) in [5, 5.41) is 3.17. The largest absolute Gasteiger partial charge is 0.402 e. The molecule has 0 radical (unpaired) electrons. The number of rotatable bonds is 6. The fraction of sp³-hybridized carbons (Fsp3) is 0.538. The molecule has 0 fully saturated rings. The summed E-state index contributed by atoms with van der Waals surface area (Å²) in [5.74, 6) is 0.